The fourth-order valence-electron chi connectivity index (χ4n) is 2.44. The second kappa shape index (κ2) is 7.02. The van der Waals surface area contributed by atoms with E-state index < -0.39 is 16.1 Å². The first-order chi connectivity index (χ1) is 11.5. The minimum absolute atomic E-state index is 0.176. The molecule has 1 heterocycles. The Labute approximate surface area is 140 Å². The first-order valence-corrected chi connectivity index (χ1v) is 9.13. The molecule has 1 atom stereocenters. The third-order valence-corrected chi connectivity index (χ3v) is 5.08. The minimum Gasteiger partial charge on any atom is -0.368 e. The molecule has 2 aromatic rings. The third kappa shape index (κ3) is 3.93. The van der Waals surface area contributed by atoms with Gasteiger partial charge in [-0.1, -0.05) is 18.2 Å². The van der Waals surface area contributed by atoms with Crippen LogP contribution < -0.4 is 10.0 Å². The molecule has 1 aliphatic rings. The molecule has 7 heteroatoms. The molecule has 0 aromatic heterocycles. The molecule has 1 aliphatic heterocycles. The van der Waals surface area contributed by atoms with E-state index in [-0.39, 0.29) is 10.8 Å². The largest absolute Gasteiger partial charge is 0.368 e. The SMILES string of the molecule is O=C(Nc1ccc(NS(=O)(=O)c2ccccc2)cc1)C1CCCO1. The van der Waals surface area contributed by atoms with Crippen LogP contribution in [0.25, 0.3) is 0 Å². The van der Waals surface area contributed by atoms with Crippen molar-refractivity contribution in [3.8, 4) is 0 Å². The Morgan fingerprint density at radius 3 is 2.29 bits per heavy atom. The summed E-state index contributed by atoms with van der Waals surface area (Å²) in [5, 5.41) is 2.76. The standard InChI is InChI=1S/C17H18N2O4S/c20-17(16-7-4-12-23-16)18-13-8-10-14(11-9-13)19-24(21,22)15-5-2-1-3-6-15/h1-3,5-6,8-11,16,19H,4,7,12H2,(H,18,20). The zero-order valence-electron chi connectivity index (χ0n) is 12.9. The first kappa shape index (κ1) is 16.5. The fourth-order valence-corrected chi connectivity index (χ4v) is 3.52. The van der Waals surface area contributed by atoms with Crippen LogP contribution in [0.4, 0.5) is 11.4 Å². The van der Waals surface area contributed by atoms with Gasteiger partial charge in [0.2, 0.25) is 0 Å². The molecule has 1 fully saturated rings. The highest BCUT2D eigenvalue weighted by Gasteiger charge is 2.23. The number of sulfonamides is 1. The molecule has 2 aromatic carbocycles. The van der Waals surface area contributed by atoms with Gasteiger partial charge in [-0.3, -0.25) is 9.52 Å². The normalized spacial score (nSPS) is 17.4. The summed E-state index contributed by atoms with van der Waals surface area (Å²) in [4.78, 5) is 12.2. The van der Waals surface area contributed by atoms with Gasteiger partial charge in [-0.15, -0.1) is 0 Å². The zero-order chi connectivity index (χ0) is 17.0. The average molecular weight is 346 g/mol. The maximum atomic E-state index is 12.2. The summed E-state index contributed by atoms with van der Waals surface area (Å²) in [6.07, 6.45) is 1.21. The van der Waals surface area contributed by atoms with E-state index in [1.807, 2.05) is 0 Å². The quantitative estimate of drug-likeness (QED) is 0.871. The van der Waals surface area contributed by atoms with Crippen LogP contribution >= 0.6 is 0 Å². The van der Waals surface area contributed by atoms with Crippen molar-refractivity contribution < 1.29 is 17.9 Å². The van der Waals surface area contributed by atoms with Crippen molar-refractivity contribution in [1.29, 1.82) is 0 Å². The molecule has 0 bridgehead atoms. The molecule has 3 rings (SSSR count). The van der Waals surface area contributed by atoms with E-state index in [2.05, 4.69) is 10.0 Å². The van der Waals surface area contributed by atoms with Gasteiger partial charge in [-0.05, 0) is 49.2 Å². The van der Waals surface area contributed by atoms with Crippen LogP contribution in [0.15, 0.2) is 59.5 Å². The van der Waals surface area contributed by atoms with Gasteiger partial charge in [0.25, 0.3) is 15.9 Å². The number of benzene rings is 2. The summed E-state index contributed by atoms with van der Waals surface area (Å²) in [7, 11) is -3.62. The van der Waals surface area contributed by atoms with Crippen molar-refractivity contribution >= 4 is 27.3 Å². The van der Waals surface area contributed by atoms with Crippen molar-refractivity contribution in [3.05, 3.63) is 54.6 Å². The van der Waals surface area contributed by atoms with Crippen molar-refractivity contribution in [2.75, 3.05) is 16.6 Å². The summed E-state index contributed by atoms with van der Waals surface area (Å²) in [6, 6.07) is 14.6. The number of ether oxygens (including phenoxy) is 1. The second-order valence-electron chi connectivity index (χ2n) is 5.49. The molecule has 0 radical (unpaired) electrons. The highest BCUT2D eigenvalue weighted by atomic mass is 32.2. The lowest BCUT2D eigenvalue weighted by molar-refractivity contribution is -0.124. The lowest BCUT2D eigenvalue weighted by Crippen LogP contribution is -2.26. The topological polar surface area (TPSA) is 84.5 Å². The summed E-state index contributed by atoms with van der Waals surface area (Å²) in [6.45, 7) is 0.609. The molecule has 1 unspecified atom stereocenters. The van der Waals surface area contributed by atoms with Gasteiger partial charge in [0, 0.05) is 18.0 Å². The van der Waals surface area contributed by atoms with E-state index >= 15 is 0 Å². The molecule has 0 saturated carbocycles. The highest BCUT2D eigenvalue weighted by molar-refractivity contribution is 7.92. The van der Waals surface area contributed by atoms with Crippen LogP contribution in [-0.2, 0) is 19.6 Å². The van der Waals surface area contributed by atoms with Gasteiger partial charge >= 0.3 is 0 Å². The molecule has 1 amide bonds. The van der Waals surface area contributed by atoms with Crippen molar-refractivity contribution in [3.63, 3.8) is 0 Å². The summed E-state index contributed by atoms with van der Waals surface area (Å²) < 4.78 is 32.3. The molecule has 0 spiro atoms. The van der Waals surface area contributed by atoms with Crippen LogP contribution in [0.2, 0.25) is 0 Å². The third-order valence-electron chi connectivity index (χ3n) is 3.68. The Morgan fingerprint density at radius 2 is 1.67 bits per heavy atom. The van der Waals surface area contributed by atoms with Gasteiger partial charge in [0.15, 0.2) is 0 Å². The smallest absolute Gasteiger partial charge is 0.261 e. The number of amides is 1. The summed E-state index contributed by atoms with van der Waals surface area (Å²) >= 11 is 0. The van der Waals surface area contributed by atoms with Crippen LogP contribution in [0.3, 0.4) is 0 Å². The zero-order valence-corrected chi connectivity index (χ0v) is 13.8. The molecule has 0 aliphatic carbocycles. The molecular formula is C17H18N2O4S. The number of rotatable bonds is 5. The van der Waals surface area contributed by atoms with Gasteiger partial charge in [-0.2, -0.15) is 0 Å². The highest BCUT2D eigenvalue weighted by Crippen LogP contribution is 2.19. The lowest BCUT2D eigenvalue weighted by atomic mass is 10.2. The number of hydrogen-bond donors (Lipinski definition) is 2. The Morgan fingerprint density at radius 1 is 1.00 bits per heavy atom. The maximum Gasteiger partial charge on any atom is 0.261 e. The molecule has 2 N–H and O–H groups in total. The molecule has 1 saturated heterocycles. The number of carbonyl (C=O) groups is 1. The van der Waals surface area contributed by atoms with Crippen molar-refractivity contribution in [2.45, 2.75) is 23.8 Å². The number of hydrogen-bond acceptors (Lipinski definition) is 4. The predicted molar refractivity (Wildman–Crippen MR) is 91.3 cm³/mol. The summed E-state index contributed by atoms with van der Waals surface area (Å²) in [5.74, 6) is -0.176. The van der Waals surface area contributed by atoms with E-state index in [0.717, 1.165) is 12.8 Å². The maximum absolute atomic E-state index is 12.2. The van der Waals surface area contributed by atoms with Gasteiger partial charge in [0.05, 0.1) is 4.90 Å². The monoisotopic (exact) mass is 346 g/mol. The first-order valence-electron chi connectivity index (χ1n) is 7.65. The number of nitrogens with one attached hydrogen (secondary N) is 2. The Hall–Kier alpha value is -2.38. The predicted octanol–water partition coefficient (Wildman–Crippen LogP) is 2.60. The van der Waals surface area contributed by atoms with E-state index in [4.69, 9.17) is 4.74 Å². The minimum atomic E-state index is -3.62. The molecule has 6 nitrogen and oxygen atoms in total. The molecule has 24 heavy (non-hydrogen) atoms. The van der Waals surface area contributed by atoms with E-state index in [1.54, 1.807) is 42.5 Å². The van der Waals surface area contributed by atoms with Crippen molar-refractivity contribution in [1.82, 2.24) is 0 Å². The summed E-state index contributed by atoms with van der Waals surface area (Å²) in [5.41, 5.74) is 1.02. The van der Waals surface area contributed by atoms with E-state index in [9.17, 15) is 13.2 Å². The average Bonchev–Trinajstić information content (AvgIpc) is 3.12. The van der Waals surface area contributed by atoms with Crippen LogP contribution in [-0.4, -0.2) is 27.0 Å². The lowest BCUT2D eigenvalue weighted by Gasteiger charge is -2.12. The number of carbonyl (C=O) groups excluding carboxylic acids is 1. The Bertz CT molecular complexity index is 798. The van der Waals surface area contributed by atoms with E-state index in [1.165, 1.54) is 12.1 Å². The van der Waals surface area contributed by atoms with Crippen molar-refractivity contribution in [2.24, 2.45) is 0 Å². The van der Waals surface area contributed by atoms with E-state index in [0.29, 0.717) is 18.0 Å². The van der Waals surface area contributed by atoms with Gasteiger partial charge in [0.1, 0.15) is 6.10 Å². The Balaban J connectivity index is 1.65. The van der Waals surface area contributed by atoms with Crippen LogP contribution in [0.5, 0.6) is 0 Å². The van der Waals surface area contributed by atoms with Gasteiger partial charge < -0.3 is 10.1 Å². The molecule has 126 valence electrons. The molecular weight excluding hydrogens is 328 g/mol. The number of anilines is 2. The second-order valence-corrected chi connectivity index (χ2v) is 7.17. The Kier molecular flexibility index (Phi) is 4.82. The van der Waals surface area contributed by atoms with Crippen LogP contribution in [0, 0.1) is 0 Å². The van der Waals surface area contributed by atoms with Gasteiger partial charge in [-0.25, -0.2) is 8.42 Å². The van der Waals surface area contributed by atoms with Crippen LogP contribution in [0.1, 0.15) is 12.8 Å². The fraction of sp³-hybridized carbons (Fsp3) is 0.235.